The van der Waals surface area contributed by atoms with Crippen molar-refractivity contribution in [2.45, 2.75) is 32.2 Å². The van der Waals surface area contributed by atoms with Crippen molar-refractivity contribution >= 4 is 11.6 Å². The minimum atomic E-state index is -2.79. The van der Waals surface area contributed by atoms with Gasteiger partial charge in [-0.05, 0) is 31.2 Å². The van der Waals surface area contributed by atoms with E-state index in [1.54, 1.807) is 0 Å². The minimum absolute atomic E-state index is 0.000468. The zero-order valence-electron chi connectivity index (χ0n) is 16.9. The predicted molar refractivity (Wildman–Crippen MR) is 99.9 cm³/mol. The van der Waals surface area contributed by atoms with Gasteiger partial charge in [-0.3, -0.25) is 14.3 Å². The van der Waals surface area contributed by atoms with Gasteiger partial charge in [0.1, 0.15) is 23.8 Å². The second-order valence-electron chi connectivity index (χ2n) is 6.49. The molecule has 9 heteroatoms. The molecule has 4 rings (SSSR count). The Morgan fingerprint density at radius 2 is 1.93 bits per heavy atom. The van der Waals surface area contributed by atoms with E-state index in [-0.39, 0.29) is 16.6 Å². The molecule has 1 aliphatic rings. The SMILES string of the molecule is [2H]C([2H])(Oc1cc2n(c(=O)c1)-c1c(cnc(Cl)c1F)CCCC2)c1ncc(F)cc1F. The van der Waals surface area contributed by atoms with Crippen LogP contribution < -0.4 is 10.3 Å². The van der Waals surface area contributed by atoms with Crippen LogP contribution in [0.3, 0.4) is 0 Å². The summed E-state index contributed by atoms with van der Waals surface area (Å²) in [4.78, 5) is 20.1. The van der Waals surface area contributed by atoms with Gasteiger partial charge in [-0.1, -0.05) is 11.6 Å². The van der Waals surface area contributed by atoms with E-state index in [9.17, 15) is 18.0 Å². The monoisotopic (exact) mass is 423 g/mol. The zero-order chi connectivity index (χ0) is 22.3. The molecule has 0 radical (unpaired) electrons. The maximum Gasteiger partial charge on any atom is 0.259 e. The molecule has 3 aromatic heterocycles. The molecule has 0 unspecified atom stereocenters. The molecule has 0 aromatic carbocycles. The normalized spacial score (nSPS) is 14.8. The molecule has 0 saturated heterocycles. The second-order valence-corrected chi connectivity index (χ2v) is 6.85. The van der Waals surface area contributed by atoms with Gasteiger partial charge in [0.05, 0.1) is 14.6 Å². The minimum Gasteiger partial charge on any atom is -0.487 e. The Bertz CT molecular complexity index is 1240. The summed E-state index contributed by atoms with van der Waals surface area (Å²) in [7, 11) is 0. The highest BCUT2D eigenvalue weighted by molar-refractivity contribution is 6.29. The molecule has 4 heterocycles. The average Bonchev–Trinajstić information content (AvgIpc) is 2.66. The van der Waals surface area contributed by atoms with Crippen molar-refractivity contribution < 1.29 is 20.6 Å². The van der Waals surface area contributed by atoms with Gasteiger partial charge in [0.2, 0.25) is 0 Å². The van der Waals surface area contributed by atoms with Crippen LogP contribution in [0.2, 0.25) is 5.15 Å². The van der Waals surface area contributed by atoms with E-state index in [1.807, 2.05) is 0 Å². The van der Waals surface area contributed by atoms with Crippen LogP contribution >= 0.6 is 11.6 Å². The number of aromatic nitrogens is 3. The van der Waals surface area contributed by atoms with Gasteiger partial charge in [-0.15, -0.1) is 0 Å². The van der Waals surface area contributed by atoms with Gasteiger partial charge in [0.25, 0.3) is 5.56 Å². The van der Waals surface area contributed by atoms with E-state index in [0.29, 0.717) is 49.2 Å². The number of rotatable bonds is 3. The fraction of sp³-hybridized carbons (Fsp3) is 0.250. The van der Waals surface area contributed by atoms with E-state index < -0.39 is 35.3 Å². The number of pyridine rings is 3. The highest BCUT2D eigenvalue weighted by atomic mass is 35.5. The third-order valence-corrected chi connectivity index (χ3v) is 4.80. The van der Waals surface area contributed by atoms with Crippen molar-refractivity contribution in [2.24, 2.45) is 0 Å². The molecule has 150 valence electrons. The van der Waals surface area contributed by atoms with Crippen molar-refractivity contribution in [3.8, 4) is 11.4 Å². The molecule has 0 amide bonds. The Kier molecular flexibility index (Phi) is 4.62. The maximum atomic E-state index is 14.8. The van der Waals surface area contributed by atoms with Crippen LogP contribution in [0, 0.1) is 17.5 Å². The summed E-state index contributed by atoms with van der Waals surface area (Å²) in [5, 5.41) is -0.369. The Labute approximate surface area is 171 Å². The number of hydrogen-bond acceptors (Lipinski definition) is 4. The summed E-state index contributed by atoms with van der Waals surface area (Å²) in [6.07, 6.45) is 4.37. The van der Waals surface area contributed by atoms with Crippen LogP contribution in [0.4, 0.5) is 13.2 Å². The van der Waals surface area contributed by atoms with E-state index in [1.165, 1.54) is 12.3 Å². The highest BCUT2D eigenvalue weighted by Gasteiger charge is 2.22. The van der Waals surface area contributed by atoms with Gasteiger partial charge >= 0.3 is 0 Å². The predicted octanol–water partition coefficient (Wildman–Crippen LogP) is 4.16. The topological polar surface area (TPSA) is 57.0 Å². The van der Waals surface area contributed by atoms with Gasteiger partial charge < -0.3 is 4.74 Å². The lowest BCUT2D eigenvalue weighted by Gasteiger charge is -2.21. The lowest BCUT2D eigenvalue weighted by atomic mass is 10.0. The molecule has 0 spiro atoms. The first-order valence-electron chi connectivity index (χ1n) is 9.77. The molecule has 0 aliphatic carbocycles. The maximum absolute atomic E-state index is 14.8. The second kappa shape index (κ2) is 7.87. The first-order valence-corrected chi connectivity index (χ1v) is 9.15. The van der Waals surface area contributed by atoms with Crippen molar-refractivity contribution in [1.29, 1.82) is 0 Å². The van der Waals surface area contributed by atoms with Crippen LogP contribution in [0.25, 0.3) is 5.69 Å². The quantitative estimate of drug-likeness (QED) is 0.594. The number of ether oxygens (including phenoxy) is 1. The summed E-state index contributed by atoms with van der Waals surface area (Å²) < 4.78 is 64.3. The molecule has 0 atom stereocenters. The van der Waals surface area contributed by atoms with Gasteiger partial charge in [0.15, 0.2) is 16.8 Å². The molecule has 0 bridgehead atoms. The molecule has 5 nitrogen and oxygen atoms in total. The van der Waals surface area contributed by atoms with Crippen molar-refractivity contribution in [3.63, 3.8) is 0 Å². The third kappa shape index (κ3) is 3.85. The number of hydrogen-bond donors (Lipinski definition) is 0. The highest BCUT2D eigenvalue weighted by Crippen LogP contribution is 2.28. The molecule has 1 aliphatic heterocycles. The zero-order valence-corrected chi connectivity index (χ0v) is 15.6. The van der Waals surface area contributed by atoms with Crippen molar-refractivity contribution in [3.05, 3.63) is 80.5 Å². The Morgan fingerprint density at radius 1 is 1.14 bits per heavy atom. The number of fused-ring (bicyclic) bond motifs is 3. The summed E-state index contributed by atoms with van der Waals surface area (Å²) in [6, 6.07) is 2.82. The van der Waals surface area contributed by atoms with E-state index >= 15 is 0 Å². The first kappa shape index (κ1) is 17.0. The number of aryl methyl sites for hydroxylation is 2. The lowest BCUT2D eigenvalue weighted by Crippen LogP contribution is -2.25. The molecule has 0 saturated carbocycles. The van der Waals surface area contributed by atoms with Gasteiger partial charge in [0, 0.05) is 30.1 Å². The molecule has 0 N–H and O–H groups in total. The van der Waals surface area contributed by atoms with E-state index in [2.05, 4.69) is 9.97 Å². The summed E-state index contributed by atoms with van der Waals surface area (Å²) in [6.45, 7) is -2.79. The molecule has 0 fully saturated rings. The summed E-state index contributed by atoms with van der Waals surface area (Å²) in [5.74, 6) is -3.23. The fourth-order valence-corrected chi connectivity index (χ4v) is 3.37. The third-order valence-electron chi connectivity index (χ3n) is 4.54. The average molecular weight is 424 g/mol. The largest absolute Gasteiger partial charge is 0.487 e. The summed E-state index contributed by atoms with van der Waals surface area (Å²) >= 11 is 5.83. The smallest absolute Gasteiger partial charge is 0.259 e. The van der Waals surface area contributed by atoms with E-state index in [0.717, 1.165) is 10.6 Å². The van der Waals surface area contributed by atoms with Crippen LogP contribution in [0.15, 0.2) is 35.4 Å². The molecule has 3 aromatic rings. The van der Waals surface area contributed by atoms with E-state index in [4.69, 9.17) is 19.1 Å². The van der Waals surface area contributed by atoms with Gasteiger partial charge in [-0.25, -0.2) is 18.2 Å². The lowest BCUT2D eigenvalue weighted by molar-refractivity contribution is 0.292. The Hall–Kier alpha value is -2.87. The van der Waals surface area contributed by atoms with Crippen LogP contribution in [-0.2, 0) is 19.4 Å². The Balaban J connectivity index is 1.80. The van der Waals surface area contributed by atoms with Crippen LogP contribution in [0.5, 0.6) is 5.75 Å². The van der Waals surface area contributed by atoms with Crippen LogP contribution in [-0.4, -0.2) is 14.5 Å². The Morgan fingerprint density at radius 3 is 2.72 bits per heavy atom. The van der Waals surface area contributed by atoms with Gasteiger partial charge in [-0.2, -0.15) is 0 Å². The number of halogens is 4. The number of nitrogens with zero attached hydrogens (tertiary/aromatic N) is 3. The molecule has 29 heavy (non-hydrogen) atoms. The molecular formula is C20H15ClF3N3O2. The first-order chi connectivity index (χ1) is 14.7. The van der Waals surface area contributed by atoms with Crippen molar-refractivity contribution in [2.75, 3.05) is 0 Å². The molecular weight excluding hydrogens is 407 g/mol. The standard InChI is InChI=1S/C20H15ClF3N3O2/c21-20-18(24)19-11(8-26-20)3-1-2-4-13-6-14(7-17(28)27(13)19)29-10-16-15(23)5-12(22)9-25-16/h5-9H,1-4,10H2/i10D2. The van der Waals surface area contributed by atoms with Crippen molar-refractivity contribution in [1.82, 2.24) is 14.5 Å². The van der Waals surface area contributed by atoms with Crippen LogP contribution in [0.1, 0.15) is 32.5 Å². The summed E-state index contributed by atoms with van der Waals surface area (Å²) in [5.41, 5.74) is -0.560. The fourth-order valence-electron chi connectivity index (χ4n) is 3.23.